The summed E-state index contributed by atoms with van der Waals surface area (Å²) in [4.78, 5) is 0.0152. The van der Waals surface area contributed by atoms with E-state index < -0.39 is 10.0 Å². The van der Waals surface area contributed by atoms with E-state index in [1.165, 1.54) is 0 Å². The molecule has 0 aliphatic carbocycles. The van der Waals surface area contributed by atoms with E-state index in [1.807, 2.05) is 0 Å². The number of aliphatic hydroxyl groups excluding tert-OH is 1. The Kier molecular flexibility index (Phi) is 3.98. The van der Waals surface area contributed by atoms with Crippen LogP contribution >= 0.6 is 0 Å². The van der Waals surface area contributed by atoms with Gasteiger partial charge in [-0.1, -0.05) is 0 Å². The molecule has 2 N–H and O–H groups in total. The lowest BCUT2D eigenvalue weighted by atomic mass is 10.2. The van der Waals surface area contributed by atoms with E-state index in [2.05, 4.69) is 9.82 Å². The van der Waals surface area contributed by atoms with Crippen molar-refractivity contribution < 1.29 is 17.9 Å². The number of hydrogen-bond acceptors (Lipinski definition) is 5. The van der Waals surface area contributed by atoms with Crippen molar-refractivity contribution in [3.05, 3.63) is 35.0 Å². The minimum absolute atomic E-state index is 0.0152. The molecular weight excluding hydrogens is 282 g/mol. The Morgan fingerprint density at radius 3 is 2.65 bits per heavy atom. The smallest absolute Gasteiger partial charge is 0.244 e. The summed E-state index contributed by atoms with van der Waals surface area (Å²) in [5.74, 6) is 0.678. The van der Waals surface area contributed by atoms with Crippen LogP contribution in [0.1, 0.15) is 22.6 Å². The number of aryl methyl sites for hydroxylation is 3. The summed E-state index contributed by atoms with van der Waals surface area (Å²) in [6, 6.07) is 0. The molecule has 2 heterocycles. The van der Waals surface area contributed by atoms with E-state index in [4.69, 9.17) is 4.42 Å². The van der Waals surface area contributed by atoms with Gasteiger partial charge in [-0.2, -0.15) is 5.10 Å². The fraction of sp³-hybridized carbons (Fsp3) is 0.417. The van der Waals surface area contributed by atoms with Gasteiger partial charge in [0.15, 0.2) is 0 Å². The minimum atomic E-state index is -3.74. The third kappa shape index (κ3) is 2.77. The van der Waals surface area contributed by atoms with Crippen LogP contribution in [0.4, 0.5) is 0 Å². The Balaban J connectivity index is 2.27. The van der Waals surface area contributed by atoms with Gasteiger partial charge >= 0.3 is 0 Å². The first kappa shape index (κ1) is 14.8. The highest BCUT2D eigenvalue weighted by atomic mass is 32.2. The van der Waals surface area contributed by atoms with Crippen molar-refractivity contribution in [2.45, 2.75) is 31.9 Å². The Morgan fingerprint density at radius 1 is 1.40 bits per heavy atom. The lowest BCUT2D eigenvalue weighted by Gasteiger charge is -2.06. The number of aromatic nitrogens is 2. The van der Waals surface area contributed by atoms with Gasteiger partial charge in [0, 0.05) is 30.9 Å². The standard InChI is InChI=1S/C12H17N3O4S/c1-8-11(7-16)12(9(2)19-8)20(17,18)14-5-10-4-13-15(3)6-10/h4,6,14,16H,5,7H2,1-3H3. The monoisotopic (exact) mass is 299 g/mol. The van der Waals surface area contributed by atoms with Gasteiger partial charge in [0.25, 0.3) is 0 Å². The molecule has 20 heavy (non-hydrogen) atoms. The number of sulfonamides is 1. The van der Waals surface area contributed by atoms with Crippen molar-refractivity contribution in [3.8, 4) is 0 Å². The maximum Gasteiger partial charge on any atom is 0.244 e. The van der Waals surface area contributed by atoms with Crippen LogP contribution in [0.2, 0.25) is 0 Å². The first-order valence-corrected chi connectivity index (χ1v) is 7.50. The number of nitrogens with one attached hydrogen (secondary N) is 1. The lowest BCUT2D eigenvalue weighted by Crippen LogP contribution is -2.24. The summed E-state index contributed by atoms with van der Waals surface area (Å²) in [5.41, 5.74) is 1.04. The summed E-state index contributed by atoms with van der Waals surface area (Å²) >= 11 is 0. The van der Waals surface area contributed by atoms with Crippen LogP contribution in [0.25, 0.3) is 0 Å². The maximum absolute atomic E-state index is 12.3. The summed E-state index contributed by atoms with van der Waals surface area (Å²) in [6.07, 6.45) is 3.31. The maximum atomic E-state index is 12.3. The SMILES string of the molecule is Cc1oc(C)c(S(=O)(=O)NCc2cnn(C)c2)c1CO. The van der Waals surface area contributed by atoms with Crippen LogP contribution in [0, 0.1) is 13.8 Å². The lowest BCUT2D eigenvalue weighted by molar-refractivity contribution is 0.276. The molecule has 0 radical (unpaired) electrons. The van der Waals surface area contributed by atoms with Crippen molar-refractivity contribution in [3.63, 3.8) is 0 Å². The molecule has 0 aliphatic heterocycles. The highest BCUT2D eigenvalue weighted by molar-refractivity contribution is 7.89. The molecule has 0 amide bonds. The van der Waals surface area contributed by atoms with Gasteiger partial charge in [0.05, 0.1) is 12.8 Å². The Bertz CT molecular complexity index is 715. The zero-order valence-corrected chi connectivity index (χ0v) is 12.4. The number of aliphatic hydroxyl groups is 1. The zero-order chi connectivity index (χ0) is 14.9. The van der Waals surface area contributed by atoms with Crippen LogP contribution in [-0.2, 0) is 30.2 Å². The van der Waals surface area contributed by atoms with Gasteiger partial charge in [-0.25, -0.2) is 13.1 Å². The van der Waals surface area contributed by atoms with Crippen LogP contribution < -0.4 is 4.72 Å². The number of nitrogens with zero attached hydrogens (tertiary/aromatic N) is 2. The van der Waals surface area contributed by atoms with Gasteiger partial charge in [-0.15, -0.1) is 0 Å². The van der Waals surface area contributed by atoms with Gasteiger partial charge in [0.2, 0.25) is 10.0 Å². The van der Waals surface area contributed by atoms with Crippen molar-refractivity contribution in [1.82, 2.24) is 14.5 Å². The Hall–Kier alpha value is -1.64. The van der Waals surface area contributed by atoms with Gasteiger partial charge in [-0.05, 0) is 13.8 Å². The molecule has 2 rings (SSSR count). The summed E-state index contributed by atoms with van der Waals surface area (Å²) in [5, 5.41) is 13.3. The summed E-state index contributed by atoms with van der Waals surface area (Å²) < 4.78 is 34.0. The second kappa shape index (κ2) is 5.39. The quantitative estimate of drug-likeness (QED) is 0.842. The molecule has 8 heteroatoms. The number of furan rings is 1. The molecule has 110 valence electrons. The molecule has 0 fully saturated rings. The fourth-order valence-corrected chi connectivity index (χ4v) is 3.51. The molecule has 2 aromatic rings. The molecule has 0 aromatic carbocycles. The van der Waals surface area contributed by atoms with E-state index in [1.54, 1.807) is 38.0 Å². The van der Waals surface area contributed by atoms with Crippen LogP contribution in [0.3, 0.4) is 0 Å². The van der Waals surface area contributed by atoms with Crippen LogP contribution in [-0.4, -0.2) is 23.3 Å². The molecule has 0 spiro atoms. The zero-order valence-electron chi connectivity index (χ0n) is 11.5. The van der Waals surface area contributed by atoms with E-state index >= 15 is 0 Å². The van der Waals surface area contributed by atoms with E-state index in [-0.39, 0.29) is 23.8 Å². The Labute approximate surface area is 117 Å². The van der Waals surface area contributed by atoms with E-state index in [0.29, 0.717) is 11.3 Å². The number of hydrogen-bond donors (Lipinski definition) is 2. The summed E-state index contributed by atoms with van der Waals surface area (Å²) in [6.45, 7) is 2.93. The normalized spacial score (nSPS) is 12.0. The number of rotatable bonds is 5. The van der Waals surface area contributed by atoms with Crippen LogP contribution in [0.5, 0.6) is 0 Å². The van der Waals surface area contributed by atoms with Crippen LogP contribution in [0.15, 0.2) is 21.7 Å². The first-order chi connectivity index (χ1) is 9.35. The third-order valence-electron chi connectivity index (χ3n) is 2.98. The summed E-state index contributed by atoms with van der Waals surface area (Å²) in [7, 11) is -1.99. The van der Waals surface area contributed by atoms with E-state index in [0.717, 1.165) is 5.56 Å². The highest BCUT2D eigenvalue weighted by Crippen LogP contribution is 2.26. The molecule has 0 saturated heterocycles. The van der Waals surface area contributed by atoms with Crippen molar-refractivity contribution >= 4 is 10.0 Å². The van der Waals surface area contributed by atoms with Gasteiger partial charge in [0.1, 0.15) is 16.4 Å². The topological polar surface area (TPSA) is 97.4 Å². The molecule has 0 bridgehead atoms. The fourth-order valence-electron chi connectivity index (χ4n) is 2.06. The Morgan fingerprint density at radius 2 is 2.10 bits per heavy atom. The van der Waals surface area contributed by atoms with Crippen molar-refractivity contribution in [2.24, 2.45) is 7.05 Å². The largest absolute Gasteiger partial charge is 0.465 e. The second-order valence-electron chi connectivity index (χ2n) is 4.53. The highest BCUT2D eigenvalue weighted by Gasteiger charge is 2.26. The molecule has 2 aromatic heterocycles. The predicted octanol–water partition coefficient (Wildman–Crippen LogP) is 0.601. The average Bonchev–Trinajstić information content (AvgIpc) is 2.90. The van der Waals surface area contributed by atoms with Gasteiger partial charge in [-0.3, -0.25) is 4.68 Å². The van der Waals surface area contributed by atoms with Crippen molar-refractivity contribution in [1.29, 1.82) is 0 Å². The molecule has 7 nitrogen and oxygen atoms in total. The van der Waals surface area contributed by atoms with E-state index in [9.17, 15) is 13.5 Å². The van der Waals surface area contributed by atoms with Gasteiger partial charge < -0.3 is 9.52 Å². The predicted molar refractivity (Wildman–Crippen MR) is 71.3 cm³/mol. The first-order valence-electron chi connectivity index (χ1n) is 6.02. The molecular formula is C12H17N3O4S. The molecule has 0 aliphatic rings. The van der Waals surface area contributed by atoms with Crippen molar-refractivity contribution in [2.75, 3.05) is 0 Å². The third-order valence-corrected chi connectivity index (χ3v) is 4.57. The second-order valence-corrected chi connectivity index (χ2v) is 6.23. The minimum Gasteiger partial charge on any atom is -0.465 e. The molecule has 0 atom stereocenters. The molecule has 0 saturated carbocycles. The average molecular weight is 299 g/mol. The molecule has 0 unspecified atom stereocenters.